The lowest BCUT2D eigenvalue weighted by molar-refractivity contribution is -0.134. The third-order valence-corrected chi connectivity index (χ3v) is 4.64. The molecular formula is C21H17BrN2O5. The molecule has 2 aromatic rings. The van der Waals surface area contributed by atoms with Crippen LogP contribution in [0.15, 0.2) is 52.5 Å². The second kappa shape index (κ2) is 8.40. The number of barbiturate groups is 1. The van der Waals surface area contributed by atoms with Gasteiger partial charge in [-0.1, -0.05) is 35.0 Å². The van der Waals surface area contributed by atoms with Crippen molar-refractivity contribution < 1.29 is 23.9 Å². The summed E-state index contributed by atoms with van der Waals surface area (Å²) < 4.78 is 5.95. The van der Waals surface area contributed by atoms with Gasteiger partial charge in [0.2, 0.25) is 0 Å². The maximum atomic E-state index is 13.0. The minimum atomic E-state index is -0.824. The van der Waals surface area contributed by atoms with Gasteiger partial charge in [0.15, 0.2) is 0 Å². The molecule has 0 saturated carbocycles. The number of hydrogen-bond donors (Lipinski definition) is 1. The summed E-state index contributed by atoms with van der Waals surface area (Å²) in [6, 6.07) is 10.8. The van der Waals surface area contributed by atoms with Crippen molar-refractivity contribution in [2.45, 2.75) is 20.3 Å². The van der Waals surface area contributed by atoms with Crippen LogP contribution in [0.1, 0.15) is 24.5 Å². The van der Waals surface area contributed by atoms with Gasteiger partial charge in [0, 0.05) is 16.5 Å². The molecule has 3 rings (SSSR count). The summed E-state index contributed by atoms with van der Waals surface area (Å²) in [4.78, 5) is 50.3. The Morgan fingerprint density at radius 3 is 2.62 bits per heavy atom. The smallest absolute Gasteiger partial charge is 0.335 e. The molecule has 1 fully saturated rings. The van der Waals surface area contributed by atoms with Crippen LogP contribution in [-0.4, -0.2) is 23.8 Å². The Morgan fingerprint density at radius 1 is 1.17 bits per heavy atom. The molecule has 1 aliphatic rings. The minimum Gasteiger partial charge on any atom is -0.426 e. The fraction of sp³-hybridized carbons (Fsp3) is 0.143. The zero-order valence-electron chi connectivity index (χ0n) is 15.7. The van der Waals surface area contributed by atoms with Gasteiger partial charge in [-0.3, -0.25) is 19.7 Å². The van der Waals surface area contributed by atoms with E-state index in [0.717, 1.165) is 10.5 Å². The molecule has 1 saturated heterocycles. The van der Waals surface area contributed by atoms with Gasteiger partial charge in [-0.15, -0.1) is 0 Å². The average Bonchev–Trinajstić information content (AvgIpc) is 2.66. The number of benzene rings is 2. The highest BCUT2D eigenvalue weighted by Crippen LogP contribution is 2.28. The first-order valence-corrected chi connectivity index (χ1v) is 9.57. The number of nitrogens with one attached hydrogen (secondary N) is 1. The van der Waals surface area contributed by atoms with Crippen molar-refractivity contribution >= 4 is 51.5 Å². The maximum absolute atomic E-state index is 13.0. The van der Waals surface area contributed by atoms with Crippen LogP contribution in [0.4, 0.5) is 10.5 Å². The van der Waals surface area contributed by atoms with Crippen LogP contribution in [0.3, 0.4) is 0 Å². The Labute approximate surface area is 175 Å². The van der Waals surface area contributed by atoms with Gasteiger partial charge in [0.05, 0.1) is 5.69 Å². The first-order valence-electron chi connectivity index (χ1n) is 8.78. The van der Waals surface area contributed by atoms with Gasteiger partial charge in [0.25, 0.3) is 11.8 Å². The number of carbonyl (C=O) groups excluding carboxylic acids is 4. The van der Waals surface area contributed by atoms with E-state index in [1.165, 1.54) is 6.08 Å². The standard InChI is InChI=1S/C21H17BrN2O5/c1-3-18(25)29-17-8-7-14(22)10-13(17)11-16-19(26)23-21(28)24(20(16)27)15-6-4-5-12(2)9-15/h4-11H,3H2,1-2H3,(H,23,26,28)/b16-11-. The lowest BCUT2D eigenvalue weighted by atomic mass is 10.1. The van der Waals surface area contributed by atoms with E-state index in [-0.39, 0.29) is 17.7 Å². The number of amides is 4. The number of rotatable bonds is 4. The van der Waals surface area contributed by atoms with Crippen molar-refractivity contribution in [1.29, 1.82) is 0 Å². The van der Waals surface area contributed by atoms with Gasteiger partial charge < -0.3 is 4.74 Å². The summed E-state index contributed by atoms with van der Waals surface area (Å²) >= 11 is 3.32. The van der Waals surface area contributed by atoms with E-state index in [4.69, 9.17) is 4.74 Å². The minimum absolute atomic E-state index is 0.168. The number of nitrogens with zero attached hydrogens (tertiary/aromatic N) is 1. The average molecular weight is 457 g/mol. The molecule has 0 unspecified atom stereocenters. The molecule has 1 N–H and O–H groups in total. The highest BCUT2D eigenvalue weighted by molar-refractivity contribution is 9.10. The van der Waals surface area contributed by atoms with Gasteiger partial charge in [-0.25, -0.2) is 9.69 Å². The predicted molar refractivity (Wildman–Crippen MR) is 110 cm³/mol. The molecule has 4 amide bonds. The molecule has 29 heavy (non-hydrogen) atoms. The van der Waals surface area contributed by atoms with E-state index < -0.39 is 23.8 Å². The van der Waals surface area contributed by atoms with Crippen molar-refractivity contribution in [3.05, 3.63) is 63.6 Å². The number of halogens is 1. The summed E-state index contributed by atoms with van der Waals surface area (Å²) in [6.07, 6.45) is 1.47. The SMILES string of the molecule is CCC(=O)Oc1ccc(Br)cc1/C=C1/C(=O)NC(=O)N(c2cccc(C)c2)C1=O. The highest BCUT2D eigenvalue weighted by atomic mass is 79.9. The number of aryl methyl sites for hydroxylation is 1. The number of imide groups is 2. The van der Waals surface area contributed by atoms with Crippen LogP contribution in [0.2, 0.25) is 0 Å². The largest absolute Gasteiger partial charge is 0.426 e. The Balaban J connectivity index is 2.05. The summed E-state index contributed by atoms with van der Waals surface area (Å²) in [5.74, 6) is -1.84. The van der Waals surface area contributed by atoms with Crippen LogP contribution in [-0.2, 0) is 14.4 Å². The van der Waals surface area contributed by atoms with Crippen LogP contribution in [0.5, 0.6) is 5.75 Å². The molecule has 148 valence electrons. The molecule has 0 radical (unpaired) electrons. The first-order chi connectivity index (χ1) is 13.8. The van der Waals surface area contributed by atoms with E-state index in [0.29, 0.717) is 15.7 Å². The fourth-order valence-corrected chi connectivity index (χ4v) is 3.11. The van der Waals surface area contributed by atoms with E-state index in [1.807, 2.05) is 13.0 Å². The monoisotopic (exact) mass is 456 g/mol. The summed E-state index contributed by atoms with van der Waals surface area (Å²) in [5, 5.41) is 2.17. The van der Waals surface area contributed by atoms with E-state index >= 15 is 0 Å². The third-order valence-electron chi connectivity index (χ3n) is 4.15. The number of hydrogen-bond acceptors (Lipinski definition) is 5. The van der Waals surface area contributed by atoms with Crippen molar-refractivity contribution in [3.63, 3.8) is 0 Å². The van der Waals surface area contributed by atoms with Gasteiger partial charge in [-0.2, -0.15) is 0 Å². The summed E-state index contributed by atoms with van der Waals surface area (Å²) in [7, 11) is 0. The first kappa shape index (κ1) is 20.5. The molecule has 0 bridgehead atoms. The molecule has 1 heterocycles. The predicted octanol–water partition coefficient (Wildman–Crippen LogP) is 3.74. The Hall–Kier alpha value is -3.26. The van der Waals surface area contributed by atoms with Crippen LogP contribution < -0.4 is 15.0 Å². The third kappa shape index (κ3) is 4.43. The number of anilines is 1. The second-order valence-electron chi connectivity index (χ2n) is 6.31. The Kier molecular flexibility index (Phi) is 5.93. The number of ether oxygens (including phenoxy) is 1. The number of esters is 1. The topological polar surface area (TPSA) is 92.8 Å². The van der Waals surface area contributed by atoms with Crippen LogP contribution >= 0.6 is 15.9 Å². The zero-order valence-corrected chi connectivity index (χ0v) is 17.3. The second-order valence-corrected chi connectivity index (χ2v) is 7.22. The quantitative estimate of drug-likeness (QED) is 0.327. The van der Waals surface area contributed by atoms with Crippen LogP contribution in [0, 0.1) is 6.92 Å². The number of carbonyl (C=O) groups is 4. The van der Waals surface area contributed by atoms with E-state index in [1.54, 1.807) is 43.3 Å². The van der Waals surface area contributed by atoms with Gasteiger partial charge >= 0.3 is 12.0 Å². The highest BCUT2D eigenvalue weighted by Gasteiger charge is 2.37. The number of urea groups is 1. The van der Waals surface area contributed by atoms with Crippen molar-refractivity contribution in [3.8, 4) is 5.75 Å². The lowest BCUT2D eigenvalue weighted by Crippen LogP contribution is -2.54. The summed E-state index contributed by atoms with van der Waals surface area (Å²) in [5.41, 5.74) is 1.29. The normalized spacial score (nSPS) is 15.5. The lowest BCUT2D eigenvalue weighted by Gasteiger charge is -2.26. The molecule has 8 heteroatoms. The van der Waals surface area contributed by atoms with Gasteiger partial charge in [0.1, 0.15) is 11.3 Å². The molecule has 0 atom stereocenters. The molecular weight excluding hydrogens is 440 g/mol. The van der Waals surface area contributed by atoms with Crippen molar-refractivity contribution in [2.75, 3.05) is 4.90 Å². The fourth-order valence-electron chi connectivity index (χ4n) is 2.73. The molecule has 0 aliphatic carbocycles. The van der Waals surface area contributed by atoms with Gasteiger partial charge in [-0.05, 0) is 48.9 Å². The summed E-state index contributed by atoms with van der Waals surface area (Å²) in [6.45, 7) is 3.48. The van der Waals surface area contributed by atoms with Crippen molar-refractivity contribution in [1.82, 2.24) is 5.32 Å². The molecule has 2 aromatic carbocycles. The van der Waals surface area contributed by atoms with E-state index in [2.05, 4.69) is 21.2 Å². The van der Waals surface area contributed by atoms with Crippen molar-refractivity contribution in [2.24, 2.45) is 0 Å². The molecule has 1 aliphatic heterocycles. The molecule has 7 nitrogen and oxygen atoms in total. The Bertz CT molecular complexity index is 1060. The van der Waals surface area contributed by atoms with Crippen LogP contribution in [0.25, 0.3) is 6.08 Å². The molecule has 0 aromatic heterocycles. The maximum Gasteiger partial charge on any atom is 0.335 e. The van der Waals surface area contributed by atoms with E-state index in [9.17, 15) is 19.2 Å². The zero-order chi connectivity index (χ0) is 21.1. The molecule has 0 spiro atoms. The Morgan fingerprint density at radius 2 is 1.93 bits per heavy atom.